The number of nitrogen functional groups attached to an aromatic ring is 1. The summed E-state index contributed by atoms with van der Waals surface area (Å²) in [5.41, 5.74) is 7.17. The third-order valence-electron chi connectivity index (χ3n) is 5.30. The molecule has 0 spiro atoms. The molecule has 0 radical (unpaired) electrons. The summed E-state index contributed by atoms with van der Waals surface area (Å²) in [6.45, 7) is 16.4. The number of ether oxygens (including phenoxy) is 2. The van der Waals surface area contributed by atoms with Crippen molar-refractivity contribution < 1.29 is 19.1 Å². The summed E-state index contributed by atoms with van der Waals surface area (Å²) < 4.78 is 12.4. The summed E-state index contributed by atoms with van der Waals surface area (Å²) in [6, 6.07) is 7.92. The van der Waals surface area contributed by atoms with Gasteiger partial charge in [-0.1, -0.05) is 29.8 Å². The summed E-state index contributed by atoms with van der Waals surface area (Å²) in [5, 5.41) is 11.0. The number of alkyl carbamates (subject to hydrolysis) is 1. The second-order valence-corrected chi connectivity index (χ2v) is 11.8. The largest absolute Gasteiger partial charge is 0.444 e. The number of nitrogens with two attached hydrogens (primary N) is 1. The van der Waals surface area contributed by atoms with Crippen molar-refractivity contribution >= 4 is 35.0 Å². The zero-order valence-electron chi connectivity index (χ0n) is 24.0. The Morgan fingerprint density at radius 2 is 1.59 bits per heavy atom. The second kappa shape index (κ2) is 10.9. The average Bonchev–Trinajstić information content (AvgIpc) is 3.17. The van der Waals surface area contributed by atoms with Crippen LogP contribution < -0.4 is 16.4 Å². The maximum Gasteiger partial charge on any atom is 0.437 e. The van der Waals surface area contributed by atoms with Crippen molar-refractivity contribution in [2.24, 2.45) is 4.99 Å². The molecular formula is C27H38N8O4. The number of anilines is 1. The van der Waals surface area contributed by atoms with Gasteiger partial charge in [-0.05, 0) is 62.3 Å². The number of aromatic nitrogens is 4. The number of benzene rings is 1. The number of hydrogen-bond acceptors (Lipinski definition) is 8. The number of nitrogens with one attached hydrogen (secondary N) is 2. The van der Waals surface area contributed by atoms with E-state index in [1.165, 1.54) is 6.33 Å². The van der Waals surface area contributed by atoms with Gasteiger partial charge in [0.25, 0.3) is 0 Å². The van der Waals surface area contributed by atoms with Gasteiger partial charge in [-0.2, -0.15) is 5.10 Å². The van der Waals surface area contributed by atoms with Gasteiger partial charge in [0.1, 0.15) is 29.0 Å². The van der Waals surface area contributed by atoms with Crippen LogP contribution in [0, 0.1) is 6.92 Å². The number of hydrogen-bond donors (Lipinski definition) is 3. The maximum atomic E-state index is 12.5. The monoisotopic (exact) mass is 538 g/mol. The lowest BCUT2D eigenvalue weighted by molar-refractivity contribution is 0.0560. The number of rotatable bonds is 4. The van der Waals surface area contributed by atoms with E-state index in [0.29, 0.717) is 22.5 Å². The maximum absolute atomic E-state index is 12.5. The van der Waals surface area contributed by atoms with Crippen molar-refractivity contribution in [3.63, 3.8) is 0 Å². The first-order chi connectivity index (χ1) is 17.9. The van der Waals surface area contributed by atoms with Gasteiger partial charge in [-0.25, -0.2) is 24.2 Å². The van der Waals surface area contributed by atoms with Gasteiger partial charge < -0.3 is 20.5 Å². The lowest BCUT2D eigenvalue weighted by Crippen LogP contribution is -2.49. The predicted molar refractivity (Wildman–Crippen MR) is 150 cm³/mol. The minimum Gasteiger partial charge on any atom is -0.444 e. The van der Waals surface area contributed by atoms with Crippen LogP contribution in [0.5, 0.6) is 0 Å². The van der Waals surface area contributed by atoms with Gasteiger partial charge in [0.15, 0.2) is 5.65 Å². The van der Waals surface area contributed by atoms with Crippen LogP contribution in [0.25, 0.3) is 22.3 Å². The van der Waals surface area contributed by atoms with Crippen LogP contribution in [0.15, 0.2) is 35.6 Å². The molecule has 2 aromatic heterocycles. The fourth-order valence-electron chi connectivity index (χ4n) is 3.57. The zero-order valence-corrected chi connectivity index (χ0v) is 24.0. The molecule has 0 atom stereocenters. The minimum atomic E-state index is -0.870. The molecule has 0 aliphatic carbocycles. The van der Waals surface area contributed by atoms with Crippen molar-refractivity contribution in [1.82, 2.24) is 30.4 Å². The third kappa shape index (κ3) is 7.88. The highest BCUT2D eigenvalue weighted by Gasteiger charge is 2.29. The molecule has 2 heterocycles. The first-order valence-electron chi connectivity index (χ1n) is 12.6. The van der Waals surface area contributed by atoms with Crippen molar-refractivity contribution in [3.8, 4) is 11.3 Å². The van der Waals surface area contributed by atoms with E-state index in [-0.39, 0.29) is 12.5 Å². The number of carbonyl (C=O) groups is 2. The Bertz CT molecular complexity index is 1380. The molecule has 210 valence electrons. The number of carbonyl (C=O) groups excluding carboxylic acids is 2. The van der Waals surface area contributed by atoms with Crippen LogP contribution in [-0.2, 0) is 15.0 Å². The lowest BCUT2D eigenvalue weighted by atomic mass is 10.1. The van der Waals surface area contributed by atoms with Gasteiger partial charge in [-0.15, -0.1) is 4.99 Å². The smallest absolute Gasteiger partial charge is 0.437 e. The molecule has 12 nitrogen and oxygen atoms in total. The number of aliphatic imine (C=N–C) groups is 1. The molecule has 4 N–H and O–H groups in total. The van der Waals surface area contributed by atoms with Crippen molar-refractivity contribution in [1.29, 1.82) is 0 Å². The summed E-state index contributed by atoms with van der Waals surface area (Å²) in [6.07, 6.45) is -0.259. The Hall–Kier alpha value is -4.22. The molecular weight excluding hydrogens is 500 g/mol. The molecule has 0 fully saturated rings. The Labute approximate surface area is 228 Å². The number of nitrogens with zero attached hydrogens (tertiary/aromatic N) is 5. The summed E-state index contributed by atoms with van der Waals surface area (Å²) in [4.78, 5) is 37.5. The van der Waals surface area contributed by atoms with Gasteiger partial charge in [-0.3, -0.25) is 5.32 Å². The second-order valence-electron chi connectivity index (χ2n) is 11.8. The topological polar surface area (TPSA) is 159 Å². The summed E-state index contributed by atoms with van der Waals surface area (Å²) in [7, 11) is 0. The highest BCUT2D eigenvalue weighted by Crippen LogP contribution is 2.33. The molecule has 0 aliphatic heterocycles. The van der Waals surface area contributed by atoms with Crippen LogP contribution >= 0.6 is 0 Å². The highest BCUT2D eigenvalue weighted by molar-refractivity contribution is 5.99. The Balaban J connectivity index is 1.95. The Morgan fingerprint density at radius 1 is 0.974 bits per heavy atom. The molecule has 0 bridgehead atoms. The van der Waals surface area contributed by atoms with E-state index in [2.05, 4.69) is 25.6 Å². The molecule has 3 aromatic rings. The fourth-order valence-corrected chi connectivity index (χ4v) is 3.57. The van der Waals surface area contributed by atoms with Crippen LogP contribution in [0.3, 0.4) is 0 Å². The van der Waals surface area contributed by atoms with Gasteiger partial charge >= 0.3 is 12.2 Å². The molecule has 0 unspecified atom stereocenters. The van der Waals surface area contributed by atoms with E-state index < -0.39 is 28.9 Å². The number of guanidine groups is 1. The first kappa shape index (κ1) is 29.3. The first-order valence-corrected chi connectivity index (χ1v) is 12.6. The predicted octanol–water partition coefficient (Wildman–Crippen LogP) is 4.52. The van der Waals surface area contributed by atoms with Gasteiger partial charge in [0.05, 0.1) is 10.9 Å². The quantitative estimate of drug-likeness (QED) is 0.320. The van der Waals surface area contributed by atoms with Gasteiger partial charge in [0, 0.05) is 12.1 Å². The summed E-state index contributed by atoms with van der Waals surface area (Å²) in [5.74, 6) is 0.181. The van der Waals surface area contributed by atoms with E-state index >= 15 is 0 Å². The van der Waals surface area contributed by atoms with Crippen molar-refractivity contribution in [2.75, 3.05) is 12.3 Å². The normalized spacial score (nSPS) is 12.8. The molecule has 0 saturated carbocycles. The van der Waals surface area contributed by atoms with Gasteiger partial charge in [0.2, 0.25) is 5.96 Å². The SMILES string of the molecule is Cc1ccc(-c2nn(C(C)(C)CNC(=NC(=O)OC(C)(C)C)NC(=O)OC(C)(C)C)c3ncnc(N)c23)cc1. The van der Waals surface area contributed by atoms with Crippen LogP contribution in [-0.4, -0.2) is 55.6 Å². The van der Waals surface area contributed by atoms with E-state index in [4.69, 9.17) is 20.3 Å². The number of amides is 2. The fraction of sp³-hybridized carbons (Fsp3) is 0.481. The molecule has 12 heteroatoms. The average molecular weight is 539 g/mol. The lowest BCUT2D eigenvalue weighted by Gasteiger charge is -2.27. The van der Waals surface area contributed by atoms with E-state index in [9.17, 15) is 9.59 Å². The Morgan fingerprint density at radius 3 is 2.18 bits per heavy atom. The van der Waals surface area contributed by atoms with Crippen LogP contribution in [0.2, 0.25) is 0 Å². The molecule has 0 aliphatic rings. The number of fused-ring (bicyclic) bond motifs is 1. The number of aryl methyl sites for hydroxylation is 1. The van der Waals surface area contributed by atoms with Crippen LogP contribution in [0.1, 0.15) is 61.0 Å². The molecule has 0 saturated heterocycles. The van der Waals surface area contributed by atoms with Crippen molar-refractivity contribution in [3.05, 3.63) is 36.2 Å². The van der Waals surface area contributed by atoms with Crippen LogP contribution in [0.4, 0.5) is 15.4 Å². The molecule has 1 aromatic carbocycles. The van der Waals surface area contributed by atoms with E-state index in [1.807, 2.05) is 45.0 Å². The Kier molecular flexibility index (Phi) is 8.18. The standard InChI is InChI=1S/C27H38N8O4/c1-16-10-12-17(13-11-16)19-18-20(28)30-15-31-21(18)35(34-19)27(8,9)14-29-22(32-23(36)38-25(2,3)4)33-24(37)39-26(5,6)7/h10-13,15H,14H2,1-9H3,(H2,28,30,31)(H2,29,32,33,36,37). The molecule has 39 heavy (non-hydrogen) atoms. The molecule has 2 amide bonds. The minimum absolute atomic E-state index is 0.129. The van der Waals surface area contributed by atoms with E-state index in [0.717, 1.165) is 11.1 Å². The van der Waals surface area contributed by atoms with Crippen molar-refractivity contribution in [2.45, 2.75) is 79.1 Å². The zero-order chi connectivity index (χ0) is 29.2. The third-order valence-corrected chi connectivity index (χ3v) is 5.30. The summed E-state index contributed by atoms with van der Waals surface area (Å²) >= 11 is 0. The molecule has 3 rings (SSSR count). The highest BCUT2D eigenvalue weighted by atomic mass is 16.6. The van der Waals surface area contributed by atoms with E-state index in [1.54, 1.807) is 46.2 Å².